The molecule has 2 aromatic heterocycles. The van der Waals surface area contributed by atoms with Crippen LogP contribution in [0.1, 0.15) is 31.5 Å². The fourth-order valence-corrected chi connectivity index (χ4v) is 3.48. The number of hydrogen-bond donors (Lipinski definition) is 3. The summed E-state index contributed by atoms with van der Waals surface area (Å²) in [4.78, 5) is 2.80. The largest absolute Gasteiger partial charge is 0.508 e. The van der Waals surface area contributed by atoms with Crippen molar-refractivity contribution in [1.29, 1.82) is 0 Å². The van der Waals surface area contributed by atoms with Crippen LogP contribution in [-0.4, -0.2) is 37.2 Å². The molecular weight excluding hydrogens is 378 g/mol. The lowest BCUT2D eigenvalue weighted by atomic mass is 9.73. The van der Waals surface area contributed by atoms with Gasteiger partial charge in [-0.1, -0.05) is 13.8 Å². The molecule has 0 spiro atoms. The average molecular weight is 397 g/mol. The Kier molecular flexibility index (Phi) is 4.82. The normalized spacial score (nSPS) is 15.0. The van der Waals surface area contributed by atoms with Crippen LogP contribution in [0.25, 0.3) is 11.0 Å². The quantitative estimate of drug-likeness (QED) is 0.569. The van der Waals surface area contributed by atoms with E-state index in [1.165, 1.54) is 26.1 Å². The van der Waals surface area contributed by atoms with Gasteiger partial charge in [-0.2, -0.15) is 18.3 Å². The van der Waals surface area contributed by atoms with Gasteiger partial charge in [0.2, 0.25) is 0 Å². The molecule has 3 aromatic rings. The molecule has 1 atom stereocenters. The van der Waals surface area contributed by atoms with Crippen LogP contribution < -0.4 is 0 Å². The van der Waals surface area contributed by atoms with Gasteiger partial charge in [0.25, 0.3) is 0 Å². The fraction of sp³-hybridized carbons (Fsp3) is 0.368. The molecule has 0 aliphatic heterocycles. The number of aromatic hydroxyl groups is 1. The summed E-state index contributed by atoms with van der Waals surface area (Å²) in [5.74, 6) is -1.03. The van der Waals surface area contributed by atoms with Crippen LogP contribution in [0.5, 0.6) is 5.75 Å². The molecule has 9 heteroatoms. The Hall–Kier alpha value is -2.68. The maximum atomic E-state index is 13.8. The second-order valence-corrected chi connectivity index (χ2v) is 7.55. The predicted molar refractivity (Wildman–Crippen MR) is 94.3 cm³/mol. The van der Waals surface area contributed by atoms with E-state index in [1.54, 1.807) is 6.07 Å². The first-order chi connectivity index (χ1) is 12.9. The van der Waals surface area contributed by atoms with Gasteiger partial charge in [-0.3, -0.25) is 0 Å². The molecule has 1 unspecified atom stereocenters. The van der Waals surface area contributed by atoms with Crippen LogP contribution in [-0.2, 0) is 11.8 Å². The van der Waals surface area contributed by atoms with Crippen LogP contribution >= 0.6 is 0 Å². The van der Waals surface area contributed by atoms with Crippen molar-refractivity contribution in [3.63, 3.8) is 0 Å². The van der Waals surface area contributed by atoms with Crippen molar-refractivity contribution in [3.8, 4) is 5.75 Å². The Morgan fingerprint density at radius 1 is 1.11 bits per heavy atom. The summed E-state index contributed by atoms with van der Waals surface area (Å²) >= 11 is 0. The average Bonchev–Trinajstić information content (AvgIpc) is 2.97. The first-order valence-electron chi connectivity index (χ1n) is 8.49. The highest BCUT2D eigenvalue weighted by Gasteiger charge is 2.56. The zero-order chi connectivity index (χ0) is 20.7. The molecule has 2 heterocycles. The molecule has 3 rings (SSSR count). The van der Waals surface area contributed by atoms with E-state index in [0.717, 1.165) is 18.2 Å². The second-order valence-electron chi connectivity index (χ2n) is 7.55. The third-order valence-electron chi connectivity index (χ3n) is 4.79. The Morgan fingerprint density at radius 3 is 2.46 bits per heavy atom. The number of fused-ring (bicyclic) bond motifs is 1. The van der Waals surface area contributed by atoms with Crippen LogP contribution in [0.3, 0.4) is 0 Å². The van der Waals surface area contributed by atoms with Crippen molar-refractivity contribution in [2.75, 3.05) is 0 Å². The van der Waals surface area contributed by atoms with Gasteiger partial charge in [0.1, 0.15) is 17.1 Å². The summed E-state index contributed by atoms with van der Waals surface area (Å²) < 4.78 is 55.1. The summed E-state index contributed by atoms with van der Waals surface area (Å²) in [6.45, 7) is 2.82. The zero-order valence-corrected chi connectivity index (χ0v) is 15.2. The first kappa shape index (κ1) is 20.1. The fourth-order valence-electron chi connectivity index (χ4n) is 3.48. The first-order valence-corrected chi connectivity index (χ1v) is 8.49. The SMILES string of the molecule is CC(C)(CC(O)(Cc1cc2nnccc2[nH]1)C(F)(F)F)c1cc(F)ccc1O. The van der Waals surface area contributed by atoms with Crippen LogP contribution in [0.2, 0.25) is 0 Å². The third-order valence-corrected chi connectivity index (χ3v) is 4.79. The smallest absolute Gasteiger partial charge is 0.417 e. The summed E-state index contributed by atoms with van der Waals surface area (Å²) in [7, 11) is 0. The van der Waals surface area contributed by atoms with E-state index < -0.39 is 35.9 Å². The number of phenolic OH excluding ortho intramolecular Hbond substituents is 1. The zero-order valence-electron chi connectivity index (χ0n) is 15.2. The van der Waals surface area contributed by atoms with Crippen molar-refractivity contribution in [2.24, 2.45) is 0 Å². The van der Waals surface area contributed by atoms with Gasteiger partial charge in [0, 0.05) is 17.7 Å². The van der Waals surface area contributed by atoms with Gasteiger partial charge < -0.3 is 15.2 Å². The lowest BCUT2D eigenvalue weighted by molar-refractivity contribution is -0.266. The molecule has 0 aliphatic carbocycles. The standard InChI is InChI=1S/C19H19F4N3O2/c1-17(2,13-7-11(20)3-4-16(13)27)10-18(28,19(21,22)23)9-12-8-15-14(25-12)5-6-24-26-15/h3-8,25,27-28H,9-10H2,1-2H3. The van der Waals surface area contributed by atoms with Gasteiger partial charge in [0.15, 0.2) is 5.60 Å². The molecule has 1 aromatic carbocycles. The molecule has 0 bridgehead atoms. The minimum atomic E-state index is -4.96. The van der Waals surface area contributed by atoms with Crippen LogP contribution in [0.4, 0.5) is 17.6 Å². The minimum Gasteiger partial charge on any atom is -0.508 e. The summed E-state index contributed by atoms with van der Waals surface area (Å²) in [6, 6.07) is 6.02. The van der Waals surface area contributed by atoms with Crippen molar-refractivity contribution in [1.82, 2.24) is 15.2 Å². The van der Waals surface area contributed by atoms with Gasteiger partial charge in [-0.15, -0.1) is 5.10 Å². The van der Waals surface area contributed by atoms with Crippen molar-refractivity contribution in [2.45, 2.75) is 43.9 Å². The number of H-pyrrole nitrogens is 1. The van der Waals surface area contributed by atoms with Gasteiger partial charge >= 0.3 is 6.18 Å². The lowest BCUT2D eigenvalue weighted by Crippen LogP contribution is -2.50. The summed E-state index contributed by atoms with van der Waals surface area (Å²) in [5, 5.41) is 28.1. The molecule has 0 saturated heterocycles. The van der Waals surface area contributed by atoms with Crippen molar-refractivity contribution in [3.05, 3.63) is 53.6 Å². The number of rotatable bonds is 5. The van der Waals surface area contributed by atoms with E-state index in [0.29, 0.717) is 11.0 Å². The number of alkyl halides is 3. The van der Waals surface area contributed by atoms with Crippen molar-refractivity contribution < 1.29 is 27.8 Å². The number of halogens is 4. The van der Waals surface area contributed by atoms with Crippen LogP contribution in [0.15, 0.2) is 36.5 Å². The van der Waals surface area contributed by atoms with E-state index in [9.17, 15) is 27.8 Å². The maximum Gasteiger partial charge on any atom is 0.417 e. The number of aliphatic hydroxyl groups is 1. The van der Waals surface area contributed by atoms with E-state index >= 15 is 0 Å². The highest BCUT2D eigenvalue weighted by molar-refractivity contribution is 5.74. The number of nitrogens with one attached hydrogen (secondary N) is 1. The molecule has 0 radical (unpaired) electrons. The van der Waals surface area contributed by atoms with Gasteiger partial charge in [-0.25, -0.2) is 4.39 Å². The number of phenols is 1. The van der Waals surface area contributed by atoms with Crippen LogP contribution in [0, 0.1) is 5.82 Å². The second kappa shape index (κ2) is 6.73. The Labute approximate surface area is 158 Å². The Morgan fingerprint density at radius 2 is 1.82 bits per heavy atom. The molecular formula is C19H19F4N3O2. The number of benzene rings is 1. The predicted octanol–water partition coefficient (Wildman–Crippen LogP) is 4.01. The maximum absolute atomic E-state index is 13.8. The van der Waals surface area contributed by atoms with E-state index in [-0.39, 0.29) is 17.0 Å². The number of aromatic nitrogens is 3. The topological polar surface area (TPSA) is 82.0 Å². The molecule has 150 valence electrons. The monoisotopic (exact) mass is 397 g/mol. The molecule has 0 aliphatic rings. The minimum absolute atomic E-state index is 0.0160. The van der Waals surface area contributed by atoms with E-state index in [2.05, 4.69) is 15.2 Å². The molecule has 3 N–H and O–H groups in total. The molecule has 0 saturated carbocycles. The van der Waals surface area contributed by atoms with Crippen molar-refractivity contribution >= 4 is 11.0 Å². The molecule has 0 fully saturated rings. The third kappa shape index (κ3) is 3.80. The van der Waals surface area contributed by atoms with E-state index in [4.69, 9.17) is 0 Å². The van der Waals surface area contributed by atoms with Gasteiger partial charge in [-0.05, 0) is 42.2 Å². The molecule has 5 nitrogen and oxygen atoms in total. The number of nitrogens with zero attached hydrogens (tertiary/aromatic N) is 2. The molecule has 0 amide bonds. The number of hydrogen-bond acceptors (Lipinski definition) is 4. The number of aromatic amines is 1. The summed E-state index contributed by atoms with van der Waals surface area (Å²) in [5.41, 5.74) is -3.50. The highest BCUT2D eigenvalue weighted by atomic mass is 19.4. The summed E-state index contributed by atoms with van der Waals surface area (Å²) in [6.07, 6.45) is -5.11. The lowest BCUT2D eigenvalue weighted by Gasteiger charge is -2.38. The Balaban J connectivity index is 1.98. The molecule has 28 heavy (non-hydrogen) atoms. The highest BCUT2D eigenvalue weighted by Crippen LogP contribution is 2.45. The van der Waals surface area contributed by atoms with Gasteiger partial charge in [0.05, 0.1) is 11.7 Å². The van der Waals surface area contributed by atoms with E-state index in [1.807, 2.05) is 0 Å². The Bertz CT molecular complexity index is 967.